The molecule has 0 atom stereocenters. The minimum atomic E-state index is -0.0153. The Kier molecular flexibility index (Phi) is 4.64. The summed E-state index contributed by atoms with van der Waals surface area (Å²) in [7, 11) is 0. The fourth-order valence-corrected chi connectivity index (χ4v) is 2.66. The van der Waals surface area contributed by atoms with Crippen molar-refractivity contribution in [2.45, 2.75) is 4.90 Å². The zero-order chi connectivity index (χ0) is 13.0. The fourth-order valence-electron chi connectivity index (χ4n) is 1.38. The SMILES string of the molecule is O=C(CSc1ccncc1)c1ccc(Cl)cc1Cl. The molecule has 0 saturated carbocycles. The Balaban J connectivity index is 2.04. The van der Waals surface area contributed by atoms with Crippen molar-refractivity contribution in [1.82, 2.24) is 4.98 Å². The molecule has 1 aromatic heterocycles. The molecule has 0 unspecified atom stereocenters. The van der Waals surface area contributed by atoms with E-state index in [9.17, 15) is 4.79 Å². The summed E-state index contributed by atoms with van der Waals surface area (Å²) in [6, 6.07) is 8.62. The second-order valence-electron chi connectivity index (χ2n) is 3.52. The molecule has 0 bridgehead atoms. The summed E-state index contributed by atoms with van der Waals surface area (Å²) >= 11 is 13.2. The summed E-state index contributed by atoms with van der Waals surface area (Å²) in [5.74, 6) is 0.323. The molecule has 1 aromatic carbocycles. The van der Waals surface area contributed by atoms with Gasteiger partial charge in [0, 0.05) is 27.9 Å². The maximum atomic E-state index is 12.0. The van der Waals surface area contributed by atoms with Crippen molar-refractivity contribution in [3.63, 3.8) is 0 Å². The molecule has 18 heavy (non-hydrogen) atoms. The van der Waals surface area contributed by atoms with E-state index in [1.165, 1.54) is 11.8 Å². The quantitative estimate of drug-likeness (QED) is 0.620. The van der Waals surface area contributed by atoms with Gasteiger partial charge in [-0.2, -0.15) is 0 Å². The van der Waals surface area contributed by atoms with Gasteiger partial charge in [0.25, 0.3) is 0 Å². The molecule has 0 radical (unpaired) electrons. The second kappa shape index (κ2) is 6.23. The number of thioether (sulfide) groups is 1. The van der Waals surface area contributed by atoms with Crippen molar-refractivity contribution in [2.75, 3.05) is 5.75 Å². The molecule has 2 rings (SSSR count). The lowest BCUT2D eigenvalue weighted by Gasteiger charge is -2.04. The van der Waals surface area contributed by atoms with Crippen molar-refractivity contribution < 1.29 is 4.79 Å². The van der Waals surface area contributed by atoms with Gasteiger partial charge in [0.1, 0.15) is 0 Å². The maximum Gasteiger partial charge on any atom is 0.174 e. The standard InChI is InChI=1S/C13H9Cl2NOS/c14-9-1-2-11(12(15)7-9)13(17)8-18-10-3-5-16-6-4-10/h1-7H,8H2. The number of Topliss-reactive ketones (excluding diaryl/α,β-unsaturated/α-hetero) is 1. The number of ketones is 1. The van der Waals surface area contributed by atoms with Crippen LogP contribution in [0.1, 0.15) is 10.4 Å². The molecule has 0 saturated heterocycles. The van der Waals surface area contributed by atoms with Gasteiger partial charge in [0.2, 0.25) is 0 Å². The number of pyridine rings is 1. The minimum Gasteiger partial charge on any atom is -0.293 e. The Morgan fingerprint density at radius 2 is 1.89 bits per heavy atom. The number of halogens is 2. The molecule has 0 aliphatic carbocycles. The van der Waals surface area contributed by atoms with Crippen LogP contribution in [0.25, 0.3) is 0 Å². The molecule has 0 aliphatic heterocycles. The molecule has 0 fully saturated rings. The summed E-state index contributed by atoms with van der Waals surface area (Å²) in [6.07, 6.45) is 3.39. The van der Waals surface area contributed by atoms with Crippen LogP contribution in [0.3, 0.4) is 0 Å². The van der Waals surface area contributed by atoms with Crippen molar-refractivity contribution in [3.05, 3.63) is 58.3 Å². The van der Waals surface area contributed by atoms with E-state index in [4.69, 9.17) is 23.2 Å². The third-order valence-electron chi connectivity index (χ3n) is 2.25. The molecule has 0 amide bonds. The van der Waals surface area contributed by atoms with Crippen LogP contribution in [0.15, 0.2) is 47.6 Å². The summed E-state index contributed by atoms with van der Waals surface area (Å²) < 4.78 is 0. The average Bonchev–Trinajstić information content (AvgIpc) is 2.37. The first-order valence-electron chi connectivity index (χ1n) is 5.18. The summed E-state index contributed by atoms with van der Waals surface area (Å²) in [5, 5.41) is 0.918. The summed E-state index contributed by atoms with van der Waals surface area (Å²) in [5.41, 5.74) is 0.502. The first-order chi connectivity index (χ1) is 8.66. The predicted molar refractivity (Wildman–Crippen MR) is 75.8 cm³/mol. The highest BCUT2D eigenvalue weighted by atomic mass is 35.5. The van der Waals surface area contributed by atoms with Gasteiger partial charge in [0.05, 0.1) is 10.8 Å². The second-order valence-corrected chi connectivity index (χ2v) is 5.41. The number of carbonyl (C=O) groups excluding carboxylic acids is 1. The van der Waals surface area contributed by atoms with Gasteiger partial charge in [-0.05, 0) is 30.3 Å². The lowest BCUT2D eigenvalue weighted by Crippen LogP contribution is -2.03. The number of hydrogen-bond donors (Lipinski definition) is 0. The normalized spacial score (nSPS) is 10.3. The highest BCUT2D eigenvalue weighted by molar-refractivity contribution is 8.00. The minimum absolute atomic E-state index is 0.0153. The van der Waals surface area contributed by atoms with Crippen LogP contribution in [-0.2, 0) is 0 Å². The zero-order valence-electron chi connectivity index (χ0n) is 9.27. The Bertz CT molecular complexity index is 560. The van der Waals surface area contributed by atoms with E-state index in [-0.39, 0.29) is 5.78 Å². The average molecular weight is 298 g/mol. The molecular weight excluding hydrogens is 289 g/mol. The fraction of sp³-hybridized carbons (Fsp3) is 0.0769. The zero-order valence-corrected chi connectivity index (χ0v) is 11.6. The first kappa shape index (κ1) is 13.4. The highest BCUT2D eigenvalue weighted by Crippen LogP contribution is 2.24. The van der Waals surface area contributed by atoms with Gasteiger partial charge >= 0.3 is 0 Å². The van der Waals surface area contributed by atoms with Gasteiger partial charge in [-0.25, -0.2) is 0 Å². The van der Waals surface area contributed by atoms with Gasteiger partial charge in [-0.15, -0.1) is 11.8 Å². The number of nitrogens with zero attached hydrogens (tertiary/aromatic N) is 1. The van der Waals surface area contributed by atoms with E-state index >= 15 is 0 Å². The largest absolute Gasteiger partial charge is 0.293 e. The molecule has 0 spiro atoms. The number of aromatic nitrogens is 1. The smallest absolute Gasteiger partial charge is 0.174 e. The van der Waals surface area contributed by atoms with E-state index in [0.29, 0.717) is 21.4 Å². The predicted octanol–water partition coefficient (Wildman–Crippen LogP) is 4.36. The Hall–Kier alpha value is -1.03. The maximum absolute atomic E-state index is 12.0. The van der Waals surface area contributed by atoms with E-state index in [1.54, 1.807) is 30.6 Å². The van der Waals surface area contributed by atoms with E-state index < -0.39 is 0 Å². The van der Waals surface area contributed by atoms with E-state index in [1.807, 2.05) is 12.1 Å². The molecule has 2 nitrogen and oxygen atoms in total. The van der Waals surface area contributed by atoms with Crippen LogP contribution in [-0.4, -0.2) is 16.5 Å². The van der Waals surface area contributed by atoms with E-state index in [0.717, 1.165) is 4.90 Å². The Morgan fingerprint density at radius 1 is 1.17 bits per heavy atom. The lowest BCUT2D eigenvalue weighted by atomic mass is 10.1. The van der Waals surface area contributed by atoms with Gasteiger partial charge < -0.3 is 0 Å². The van der Waals surface area contributed by atoms with Crippen molar-refractivity contribution >= 4 is 40.7 Å². The van der Waals surface area contributed by atoms with Crippen LogP contribution in [0.5, 0.6) is 0 Å². The van der Waals surface area contributed by atoms with Crippen molar-refractivity contribution in [3.8, 4) is 0 Å². The number of carbonyl (C=O) groups is 1. The van der Waals surface area contributed by atoms with Crippen LogP contribution >= 0.6 is 35.0 Å². The molecular formula is C13H9Cl2NOS. The van der Waals surface area contributed by atoms with Crippen LogP contribution < -0.4 is 0 Å². The third kappa shape index (κ3) is 3.48. The number of rotatable bonds is 4. The molecule has 1 heterocycles. The van der Waals surface area contributed by atoms with Crippen molar-refractivity contribution in [1.29, 1.82) is 0 Å². The lowest BCUT2D eigenvalue weighted by molar-refractivity contribution is 0.102. The summed E-state index contributed by atoms with van der Waals surface area (Å²) in [6.45, 7) is 0. The Labute approximate surface area is 119 Å². The van der Waals surface area contributed by atoms with Crippen LogP contribution in [0.4, 0.5) is 0 Å². The third-order valence-corrected chi connectivity index (χ3v) is 3.81. The number of benzene rings is 1. The molecule has 2 aromatic rings. The van der Waals surface area contributed by atoms with Crippen LogP contribution in [0.2, 0.25) is 10.0 Å². The first-order valence-corrected chi connectivity index (χ1v) is 6.92. The summed E-state index contributed by atoms with van der Waals surface area (Å²) in [4.78, 5) is 16.9. The van der Waals surface area contributed by atoms with E-state index in [2.05, 4.69) is 4.98 Å². The van der Waals surface area contributed by atoms with Gasteiger partial charge in [-0.3, -0.25) is 9.78 Å². The molecule has 0 aliphatic rings. The topological polar surface area (TPSA) is 30.0 Å². The monoisotopic (exact) mass is 297 g/mol. The number of hydrogen-bond acceptors (Lipinski definition) is 3. The Morgan fingerprint density at radius 3 is 2.56 bits per heavy atom. The van der Waals surface area contributed by atoms with Crippen molar-refractivity contribution in [2.24, 2.45) is 0 Å². The molecule has 0 N–H and O–H groups in total. The van der Waals surface area contributed by atoms with Crippen LogP contribution in [0, 0.1) is 0 Å². The van der Waals surface area contributed by atoms with Gasteiger partial charge in [-0.1, -0.05) is 23.2 Å². The highest BCUT2D eigenvalue weighted by Gasteiger charge is 2.11. The van der Waals surface area contributed by atoms with Gasteiger partial charge in [0.15, 0.2) is 5.78 Å². The molecule has 5 heteroatoms. The molecule has 92 valence electrons.